The molecule has 9 nitrogen and oxygen atoms in total. The quantitative estimate of drug-likeness (QED) is 0.404. The second-order valence-electron chi connectivity index (χ2n) is 5.87. The molecule has 0 aliphatic carbocycles. The van der Waals surface area contributed by atoms with Gasteiger partial charge in [0, 0.05) is 12.3 Å². The van der Waals surface area contributed by atoms with Crippen molar-refractivity contribution in [3.05, 3.63) is 48.2 Å². The predicted molar refractivity (Wildman–Crippen MR) is 99.8 cm³/mol. The first kappa shape index (κ1) is 20.4. The Balaban J connectivity index is 1.59. The van der Waals surface area contributed by atoms with Crippen molar-refractivity contribution in [2.75, 3.05) is 25.1 Å². The smallest absolute Gasteiger partial charge is 0.345 e. The summed E-state index contributed by atoms with van der Waals surface area (Å²) in [5.41, 5.74) is 1.29. The number of ether oxygens (including phenoxy) is 2. The summed E-state index contributed by atoms with van der Waals surface area (Å²) >= 11 is 0. The number of fused-ring (bicyclic) bond motifs is 1. The Morgan fingerprint density at radius 3 is 2.76 bits per heavy atom. The second kappa shape index (κ2) is 9.75. The lowest BCUT2D eigenvalue weighted by atomic mass is 10.1. The normalized spacial score (nSPS) is 12.1. The summed E-state index contributed by atoms with van der Waals surface area (Å²) in [6.07, 6.45) is 1.43. The number of urea groups is 1. The average molecular weight is 407 g/mol. The number of carbonyl (C=O) groups excluding carboxylic acids is 1. The molecule has 0 saturated heterocycles. The van der Waals surface area contributed by atoms with E-state index in [9.17, 15) is 18.7 Å². The van der Waals surface area contributed by atoms with Crippen LogP contribution in [0.5, 0.6) is 5.88 Å². The van der Waals surface area contributed by atoms with E-state index in [4.69, 9.17) is 4.74 Å². The number of aliphatic hydroxyl groups excluding tert-OH is 1. The zero-order valence-corrected chi connectivity index (χ0v) is 15.1. The van der Waals surface area contributed by atoms with Gasteiger partial charge in [-0.05, 0) is 5.56 Å². The van der Waals surface area contributed by atoms with Gasteiger partial charge in [-0.2, -0.15) is 8.78 Å². The van der Waals surface area contributed by atoms with Crippen LogP contribution in [0.2, 0.25) is 0 Å². The Bertz CT molecular complexity index is 938. The number of carbonyl (C=O) groups is 1. The van der Waals surface area contributed by atoms with Gasteiger partial charge in [-0.25, -0.2) is 9.78 Å². The molecule has 0 aliphatic heterocycles. The maximum Gasteiger partial charge on any atom is 0.345 e. The van der Waals surface area contributed by atoms with E-state index in [-0.39, 0.29) is 31.5 Å². The number of aliphatic hydroxyl groups is 1. The van der Waals surface area contributed by atoms with Crippen LogP contribution in [-0.2, 0) is 4.74 Å². The lowest BCUT2D eigenvalue weighted by molar-refractivity contribution is -0.133. The fourth-order valence-electron chi connectivity index (χ4n) is 2.57. The number of H-pyrrole nitrogens is 1. The summed E-state index contributed by atoms with van der Waals surface area (Å²) in [6.45, 7) is -3.51. The number of aromatic nitrogens is 3. The molecule has 1 aromatic carbocycles. The highest BCUT2D eigenvalue weighted by atomic mass is 19.3. The average Bonchev–Trinajstić information content (AvgIpc) is 3.12. The number of nitrogens with zero attached hydrogens (tertiary/aromatic N) is 2. The molecule has 29 heavy (non-hydrogen) atoms. The first-order valence-corrected chi connectivity index (χ1v) is 8.67. The molecule has 11 heteroatoms. The number of rotatable bonds is 9. The minimum atomic E-state index is -2.86. The standard InChI is InChI=1S/C18H19F2N5O4/c19-17(20)29-7-6-28-16-12-9-21-15(8-13(12)24-25-16)23-18(27)22-14(10-26)11-4-2-1-3-5-11/h1-5,8-9,14,17,26H,6-7,10H2,(H,24,25)(H2,21,22,23,27). The van der Waals surface area contributed by atoms with E-state index in [1.165, 1.54) is 6.20 Å². The third-order valence-electron chi connectivity index (χ3n) is 3.91. The van der Waals surface area contributed by atoms with Gasteiger partial charge in [0.2, 0.25) is 5.88 Å². The first-order valence-electron chi connectivity index (χ1n) is 8.67. The van der Waals surface area contributed by atoms with Crippen LogP contribution in [0.3, 0.4) is 0 Å². The third-order valence-corrected chi connectivity index (χ3v) is 3.91. The van der Waals surface area contributed by atoms with Gasteiger partial charge in [-0.3, -0.25) is 10.4 Å². The van der Waals surface area contributed by atoms with Crippen LogP contribution >= 0.6 is 0 Å². The SMILES string of the molecule is O=C(Nc1cc2[nH]nc(OCCOC(F)F)c2cn1)NC(CO)c1ccccc1. The topological polar surface area (TPSA) is 121 Å². The fraction of sp³-hybridized carbons (Fsp3) is 0.278. The van der Waals surface area contributed by atoms with Gasteiger partial charge in [0.1, 0.15) is 12.4 Å². The number of benzene rings is 1. The zero-order valence-electron chi connectivity index (χ0n) is 15.1. The van der Waals surface area contributed by atoms with Crippen LogP contribution in [0.15, 0.2) is 42.6 Å². The van der Waals surface area contributed by atoms with E-state index >= 15 is 0 Å². The van der Waals surface area contributed by atoms with E-state index in [1.807, 2.05) is 18.2 Å². The Morgan fingerprint density at radius 1 is 1.24 bits per heavy atom. The molecular weight excluding hydrogens is 388 g/mol. The molecule has 1 unspecified atom stereocenters. The van der Waals surface area contributed by atoms with E-state index in [0.29, 0.717) is 10.9 Å². The second-order valence-corrected chi connectivity index (χ2v) is 5.87. The molecule has 0 fully saturated rings. The Kier molecular flexibility index (Phi) is 6.87. The number of aromatic amines is 1. The van der Waals surface area contributed by atoms with Crippen LogP contribution in [-0.4, -0.2) is 52.8 Å². The highest BCUT2D eigenvalue weighted by molar-refractivity contribution is 5.92. The molecule has 0 radical (unpaired) electrons. The van der Waals surface area contributed by atoms with Crippen molar-refractivity contribution in [3.63, 3.8) is 0 Å². The van der Waals surface area contributed by atoms with Gasteiger partial charge in [-0.1, -0.05) is 30.3 Å². The number of alkyl halides is 2. The highest BCUT2D eigenvalue weighted by Gasteiger charge is 2.15. The molecule has 0 bridgehead atoms. The third kappa shape index (κ3) is 5.59. The van der Waals surface area contributed by atoms with Gasteiger partial charge in [0.25, 0.3) is 0 Å². The number of anilines is 1. The fourth-order valence-corrected chi connectivity index (χ4v) is 2.57. The van der Waals surface area contributed by atoms with Crippen molar-refractivity contribution in [3.8, 4) is 5.88 Å². The van der Waals surface area contributed by atoms with Crippen molar-refractivity contribution in [1.82, 2.24) is 20.5 Å². The van der Waals surface area contributed by atoms with Gasteiger partial charge >= 0.3 is 12.6 Å². The van der Waals surface area contributed by atoms with Gasteiger partial charge in [0.15, 0.2) is 0 Å². The lowest BCUT2D eigenvalue weighted by Gasteiger charge is -2.17. The number of halogens is 2. The predicted octanol–water partition coefficient (Wildman–Crippen LogP) is 2.43. The van der Waals surface area contributed by atoms with Crippen molar-refractivity contribution in [2.24, 2.45) is 0 Å². The summed E-state index contributed by atoms with van der Waals surface area (Å²) in [5, 5.41) is 21.9. The van der Waals surface area contributed by atoms with E-state index in [0.717, 1.165) is 5.56 Å². The first-order chi connectivity index (χ1) is 14.1. The number of hydrogen-bond acceptors (Lipinski definition) is 6. The lowest BCUT2D eigenvalue weighted by Crippen LogP contribution is -2.34. The minimum Gasteiger partial charge on any atom is -0.474 e. The van der Waals surface area contributed by atoms with Crippen molar-refractivity contribution in [2.45, 2.75) is 12.7 Å². The molecule has 3 aromatic rings. The number of nitrogens with one attached hydrogen (secondary N) is 3. The number of pyridine rings is 1. The minimum absolute atomic E-state index is 0.102. The number of hydrogen-bond donors (Lipinski definition) is 4. The molecule has 3 rings (SSSR count). The van der Waals surface area contributed by atoms with E-state index < -0.39 is 18.7 Å². The summed E-state index contributed by atoms with van der Waals surface area (Å²) in [4.78, 5) is 16.3. The molecule has 154 valence electrons. The van der Waals surface area contributed by atoms with Gasteiger partial charge in [0.05, 0.1) is 30.2 Å². The Hall–Kier alpha value is -3.31. The zero-order chi connectivity index (χ0) is 20.6. The Labute approximate surface area is 164 Å². The molecule has 0 aliphatic rings. The van der Waals surface area contributed by atoms with Crippen molar-refractivity contribution >= 4 is 22.8 Å². The Morgan fingerprint density at radius 2 is 2.03 bits per heavy atom. The van der Waals surface area contributed by atoms with Crippen LogP contribution in [0.4, 0.5) is 19.4 Å². The molecule has 2 aromatic heterocycles. The van der Waals surface area contributed by atoms with Crippen LogP contribution in [0.25, 0.3) is 10.9 Å². The molecule has 2 heterocycles. The molecule has 0 spiro atoms. The molecular formula is C18H19F2N5O4. The van der Waals surface area contributed by atoms with Crippen molar-refractivity contribution < 1.29 is 28.2 Å². The van der Waals surface area contributed by atoms with E-state index in [2.05, 4.69) is 30.6 Å². The van der Waals surface area contributed by atoms with Crippen LogP contribution in [0.1, 0.15) is 11.6 Å². The summed E-state index contributed by atoms with van der Waals surface area (Å²) < 4.78 is 33.3. The maximum absolute atomic E-state index is 12.2. The largest absolute Gasteiger partial charge is 0.474 e. The molecule has 2 amide bonds. The maximum atomic E-state index is 12.2. The van der Waals surface area contributed by atoms with Gasteiger partial charge < -0.3 is 19.9 Å². The van der Waals surface area contributed by atoms with E-state index in [1.54, 1.807) is 18.2 Å². The van der Waals surface area contributed by atoms with Crippen LogP contribution in [0, 0.1) is 0 Å². The highest BCUT2D eigenvalue weighted by Crippen LogP contribution is 2.23. The molecule has 1 atom stereocenters. The van der Waals surface area contributed by atoms with Crippen LogP contribution < -0.4 is 15.4 Å². The summed E-state index contributed by atoms with van der Waals surface area (Å²) in [7, 11) is 0. The molecule has 4 N–H and O–H groups in total. The summed E-state index contributed by atoms with van der Waals surface area (Å²) in [5.74, 6) is 0.432. The van der Waals surface area contributed by atoms with Crippen molar-refractivity contribution in [1.29, 1.82) is 0 Å². The monoisotopic (exact) mass is 407 g/mol. The summed E-state index contributed by atoms with van der Waals surface area (Å²) in [6, 6.07) is 9.48. The molecule has 0 saturated carbocycles. The van der Waals surface area contributed by atoms with Gasteiger partial charge in [-0.15, -0.1) is 5.10 Å². The number of amides is 2.